The van der Waals surface area contributed by atoms with E-state index in [1.165, 1.54) is 23.5 Å². The molecule has 2 saturated heterocycles. The fourth-order valence-corrected chi connectivity index (χ4v) is 8.02. The van der Waals surface area contributed by atoms with Gasteiger partial charge in [0.15, 0.2) is 10.8 Å². The van der Waals surface area contributed by atoms with Gasteiger partial charge in [0.25, 0.3) is 5.92 Å². The third-order valence-electron chi connectivity index (χ3n) is 9.61. The van der Waals surface area contributed by atoms with E-state index in [-0.39, 0.29) is 37.3 Å². The lowest BCUT2D eigenvalue weighted by atomic mass is 9.66. The third-order valence-corrected chi connectivity index (χ3v) is 10.4. The number of amidine groups is 1. The standard InChI is InChI=1S/C33H38F3N5O4S/c1-5-13-45-31(43)32(4)15-20(16-32)41-12-10-24-27(41)33(35,36)18-40(24)17-23-25(30(42)44-6-2)26(21-8-7-9-22(34)19(21)3)39-28(38-23)29-37-11-14-46-29/h5,7-9,11,14,20,24,26-27H,1,6,10,12-13,15-18H2,2-4H3,(H,38,39)/t20?,24-,26-,27+,32?/m0/s1. The summed E-state index contributed by atoms with van der Waals surface area (Å²) in [5.74, 6) is -4.07. The van der Waals surface area contributed by atoms with Crippen LogP contribution in [0.4, 0.5) is 13.2 Å². The van der Waals surface area contributed by atoms with E-state index in [0.717, 1.165) is 0 Å². The van der Waals surface area contributed by atoms with Crippen LogP contribution in [0.2, 0.25) is 0 Å². The van der Waals surface area contributed by atoms with Gasteiger partial charge in [0.2, 0.25) is 0 Å². The van der Waals surface area contributed by atoms with E-state index in [1.807, 2.05) is 11.8 Å². The molecule has 0 unspecified atom stereocenters. The van der Waals surface area contributed by atoms with Gasteiger partial charge in [0, 0.05) is 42.4 Å². The Balaban J connectivity index is 1.31. The molecule has 0 bridgehead atoms. The molecule has 6 rings (SSSR count). The zero-order valence-corrected chi connectivity index (χ0v) is 26.9. The molecule has 3 aliphatic heterocycles. The van der Waals surface area contributed by atoms with Gasteiger partial charge in [-0.1, -0.05) is 24.8 Å². The second-order valence-corrected chi connectivity index (χ2v) is 13.5. The lowest BCUT2D eigenvalue weighted by Crippen LogP contribution is -2.58. The molecule has 4 heterocycles. The number of hydrogen-bond acceptors (Lipinski definition) is 10. The van der Waals surface area contributed by atoms with Crippen molar-refractivity contribution < 1.29 is 32.2 Å². The maximum atomic E-state index is 15.9. The van der Waals surface area contributed by atoms with Crippen LogP contribution in [-0.4, -0.2) is 89.5 Å². The Labute approximate surface area is 270 Å². The predicted molar refractivity (Wildman–Crippen MR) is 167 cm³/mol. The minimum Gasteiger partial charge on any atom is -0.463 e. The molecule has 4 aliphatic rings. The minimum atomic E-state index is -3.03. The third kappa shape index (κ3) is 5.77. The second kappa shape index (κ2) is 12.6. The quantitative estimate of drug-likeness (QED) is 0.288. The van der Waals surface area contributed by atoms with E-state index < -0.39 is 47.8 Å². The van der Waals surface area contributed by atoms with Gasteiger partial charge in [0.05, 0.1) is 30.2 Å². The van der Waals surface area contributed by atoms with Crippen molar-refractivity contribution in [3.8, 4) is 0 Å². The first-order valence-electron chi connectivity index (χ1n) is 15.5. The summed E-state index contributed by atoms with van der Waals surface area (Å²) in [5, 5.41) is 5.57. The van der Waals surface area contributed by atoms with E-state index in [4.69, 9.17) is 14.5 Å². The van der Waals surface area contributed by atoms with E-state index in [2.05, 4.69) is 16.9 Å². The molecule has 1 aromatic carbocycles. The Morgan fingerprint density at radius 1 is 1.26 bits per heavy atom. The fraction of sp³-hybridized carbons (Fsp3) is 0.515. The molecule has 46 heavy (non-hydrogen) atoms. The normalized spacial score (nSPS) is 29.0. The number of aromatic nitrogens is 1. The number of ether oxygens (including phenoxy) is 2. The molecule has 246 valence electrons. The molecular weight excluding hydrogens is 619 g/mol. The zero-order chi connectivity index (χ0) is 32.8. The number of nitrogens with one attached hydrogen (secondary N) is 1. The van der Waals surface area contributed by atoms with Crippen LogP contribution in [0, 0.1) is 18.2 Å². The molecule has 3 fully saturated rings. The van der Waals surface area contributed by atoms with Crippen molar-refractivity contribution in [2.75, 3.05) is 32.8 Å². The number of likely N-dealkylation sites (tertiary alicyclic amines) is 2. The molecular formula is C33H38F3N5O4S. The number of esters is 2. The van der Waals surface area contributed by atoms with Gasteiger partial charge in [-0.2, -0.15) is 0 Å². The number of aliphatic imine (C=N–C) groups is 1. The molecule has 3 atom stereocenters. The average molecular weight is 658 g/mol. The van der Waals surface area contributed by atoms with Crippen LogP contribution in [0.1, 0.15) is 55.3 Å². The van der Waals surface area contributed by atoms with Gasteiger partial charge in [-0.25, -0.2) is 22.9 Å². The number of carbonyl (C=O) groups is 2. The highest BCUT2D eigenvalue weighted by Gasteiger charge is 2.63. The molecule has 0 amide bonds. The van der Waals surface area contributed by atoms with Crippen LogP contribution in [-0.2, 0) is 19.1 Å². The van der Waals surface area contributed by atoms with E-state index in [1.54, 1.807) is 42.5 Å². The lowest BCUT2D eigenvalue weighted by Gasteiger charge is -2.49. The molecule has 0 spiro atoms. The first kappa shape index (κ1) is 32.4. The van der Waals surface area contributed by atoms with Crippen LogP contribution in [0.3, 0.4) is 0 Å². The molecule has 2 aromatic rings. The maximum absolute atomic E-state index is 15.9. The Kier molecular flexibility index (Phi) is 8.85. The van der Waals surface area contributed by atoms with Crippen molar-refractivity contribution in [1.82, 2.24) is 20.1 Å². The van der Waals surface area contributed by atoms with Gasteiger partial charge in [-0.05, 0) is 57.2 Å². The number of nitrogens with zero attached hydrogens (tertiary/aromatic N) is 4. The van der Waals surface area contributed by atoms with Gasteiger partial charge in [-0.3, -0.25) is 19.6 Å². The Bertz CT molecular complexity index is 1570. The number of rotatable bonds is 10. The number of hydrogen-bond donors (Lipinski definition) is 1. The maximum Gasteiger partial charge on any atom is 0.338 e. The molecule has 9 nitrogen and oxygen atoms in total. The summed E-state index contributed by atoms with van der Waals surface area (Å²) in [6.07, 6.45) is 4.54. The number of carbonyl (C=O) groups excluding carboxylic acids is 2. The summed E-state index contributed by atoms with van der Waals surface area (Å²) >= 11 is 1.34. The largest absolute Gasteiger partial charge is 0.463 e. The molecule has 13 heteroatoms. The van der Waals surface area contributed by atoms with Crippen molar-refractivity contribution in [3.63, 3.8) is 0 Å². The Morgan fingerprint density at radius 3 is 2.74 bits per heavy atom. The van der Waals surface area contributed by atoms with Crippen LogP contribution in [0.15, 0.2) is 58.7 Å². The Hall–Kier alpha value is -3.55. The van der Waals surface area contributed by atoms with Crippen LogP contribution in [0.25, 0.3) is 0 Å². The monoisotopic (exact) mass is 657 g/mol. The van der Waals surface area contributed by atoms with E-state index in [0.29, 0.717) is 53.5 Å². The minimum absolute atomic E-state index is 0.00423. The number of thiazole rings is 1. The SMILES string of the molecule is C=CCOC(=O)C1(C)CC(N2CC[C@H]3[C@@H]2C(F)(F)CN3CC2=C(C(=O)OCC)[C@H](c3cccc(F)c3C)N=C(c3nccs3)N2)C1. The first-order chi connectivity index (χ1) is 22.0. The van der Waals surface area contributed by atoms with Gasteiger partial charge >= 0.3 is 11.9 Å². The van der Waals surface area contributed by atoms with Crippen LogP contribution in [0.5, 0.6) is 0 Å². The molecule has 1 aliphatic carbocycles. The number of halogens is 3. The van der Waals surface area contributed by atoms with Crippen molar-refractivity contribution >= 4 is 29.1 Å². The summed E-state index contributed by atoms with van der Waals surface area (Å²) < 4.78 is 57.3. The summed E-state index contributed by atoms with van der Waals surface area (Å²) in [5.41, 5.74) is 0.638. The van der Waals surface area contributed by atoms with Gasteiger partial charge in [0.1, 0.15) is 18.5 Å². The van der Waals surface area contributed by atoms with E-state index >= 15 is 8.78 Å². The summed E-state index contributed by atoms with van der Waals surface area (Å²) in [7, 11) is 0. The van der Waals surface area contributed by atoms with Crippen LogP contribution < -0.4 is 5.32 Å². The average Bonchev–Trinajstić information content (AvgIpc) is 3.74. The van der Waals surface area contributed by atoms with Crippen molar-refractivity contribution in [2.45, 2.75) is 70.1 Å². The van der Waals surface area contributed by atoms with Crippen LogP contribution >= 0.6 is 11.3 Å². The zero-order valence-electron chi connectivity index (χ0n) is 26.1. The molecule has 0 radical (unpaired) electrons. The second-order valence-electron chi connectivity index (χ2n) is 12.6. The number of fused-ring (bicyclic) bond motifs is 1. The topological polar surface area (TPSA) is 96.4 Å². The summed E-state index contributed by atoms with van der Waals surface area (Å²) in [6, 6.07) is 2.00. The molecule has 1 saturated carbocycles. The van der Waals surface area contributed by atoms with Gasteiger partial charge < -0.3 is 14.8 Å². The Morgan fingerprint density at radius 2 is 2.04 bits per heavy atom. The predicted octanol–water partition coefficient (Wildman–Crippen LogP) is 4.79. The number of alkyl halides is 2. The van der Waals surface area contributed by atoms with E-state index in [9.17, 15) is 14.0 Å². The summed E-state index contributed by atoms with van der Waals surface area (Å²) in [4.78, 5) is 38.9. The highest BCUT2D eigenvalue weighted by atomic mass is 32.1. The fourth-order valence-electron chi connectivity index (χ4n) is 7.43. The highest BCUT2D eigenvalue weighted by Crippen LogP contribution is 2.51. The molecule has 1 N–H and O–H groups in total. The smallest absolute Gasteiger partial charge is 0.338 e. The highest BCUT2D eigenvalue weighted by molar-refractivity contribution is 7.11. The molecule has 1 aromatic heterocycles. The van der Waals surface area contributed by atoms with Crippen molar-refractivity contribution in [2.24, 2.45) is 10.4 Å². The van der Waals surface area contributed by atoms with Gasteiger partial charge in [-0.15, -0.1) is 11.3 Å². The number of benzene rings is 1. The van der Waals surface area contributed by atoms with Crippen molar-refractivity contribution in [1.29, 1.82) is 0 Å². The first-order valence-corrected chi connectivity index (χ1v) is 16.4. The summed E-state index contributed by atoms with van der Waals surface area (Å²) in [6.45, 7) is 8.88. The van der Waals surface area contributed by atoms with Crippen molar-refractivity contribution in [3.05, 3.63) is 75.7 Å². The lowest BCUT2D eigenvalue weighted by molar-refractivity contribution is -0.165.